The van der Waals surface area contributed by atoms with Gasteiger partial charge in [0, 0.05) is 6.42 Å². The summed E-state index contributed by atoms with van der Waals surface area (Å²) in [6.45, 7) is 5.25. The third-order valence-corrected chi connectivity index (χ3v) is 3.53. The normalized spacial score (nSPS) is 12.1. The van der Waals surface area contributed by atoms with Crippen molar-refractivity contribution >= 4 is 12.1 Å². The van der Waals surface area contributed by atoms with E-state index in [0.717, 1.165) is 5.56 Å². The third kappa shape index (κ3) is 7.48. The van der Waals surface area contributed by atoms with Gasteiger partial charge in [-0.3, -0.25) is 0 Å². The molecule has 144 valence electrons. The molecule has 0 aliphatic rings. The van der Waals surface area contributed by atoms with Crippen molar-refractivity contribution in [2.45, 2.75) is 45.4 Å². The van der Waals surface area contributed by atoms with Gasteiger partial charge in [-0.2, -0.15) is 0 Å². The van der Waals surface area contributed by atoms with E-state index in [-0.39, 0.29) is 13.0 Å². The maximum absolute atomic E-state index is 13.4. The van der Waals surface area contributed by atoms with Crippen LogP contribution in [-0.4, -0.2) is 23.7 Å². The minimum absolute atomic E-state index is 0.0787. The minimum atomic E-state index is -0.995. The summed E-state index contributed by atoms with van der Waals surface area (Å²) in [5, 5.41) is 2.52. The largest absolute Gasteiger partial charge is 0.459 e. The highest BCUT2D eigenvalue weighted by atomic mass is 19.1. The highest BCUT2D eigenvalue weighted by Crippen LogP contribution is 2.11. The van der Waals surface area contributed by atoms with Gasteiger partial charge in [-0.05, 0) is 44.0 Å². The molecular weight excluding hydrogens is 349 g/mol. The lowest BCUT2D eigenvalue weighted by atomic mass is 10.1. The first-order chi connectivity index (χ1) is 12.7. The molecule has 1 atom stereocenters. The van der Waals surface area contributed by atoms with E-state index in [4.69, 9.17) is 9.47 Å². The number of hydrogen-bond donors (Lipinski definition) is 1. The number of benzene rings is 2. The van der Waals surface area contributed by atoms with Gasteiger partial charge in [0.15, 0.2) is 0 Å². The van der Waals surface area contributed by atoms with Gasteiger partial charge in [0.05, 0.1) is 0 Å². The zero-order valence-corrected chi connectivity index (χ0v) is 15.7. The Hall–Kier alpha value is -2.89. The molecule has 2 aromatic rings. The Bertz CT molecular complexity index is 771. The Kier molecular flexibility index (Phi) is 6.93. The van der Waals surface area contributed by atoms with E-state index in [1.807, 2.05) is 30.3 Å². The van der Waals surface area contributed by atoms with E-state index >= 15 is 0 Å². The highest BCUT2D eigenvalue weighted by molar-refractivity contribution is 5.81. The first-order valence-electron chi connectivity index (χ1n) is 8.67. The summed E-state index contributed by atoms with van der Waals surface area (Å²) >= 11 is 0. The molecule has 0 spiro atoms. The molecule has 0 aliphatic carbocycles. The Morgan fingerprint density at radius 2 is 1.70 bits per heavy atom. The van der Waals surface area contributed by atoms with Crippen LogP contribution < -0.4 is 5.32 Å². The van der Waals surface area contributed by atoms with Crippen LogP contribution >= 0.6 is 0 Å². The number of nitrogens with one attached hydrogen (secondary N) is 1. The fourth-order valence-corrected chi connectivity index (χ4v) is 2.37. The van der Waals surface area contributed by atoms with Gasteiger partial charge >= 0.3 is 12.1 Å². The van der Waals surface area contributed by atoms with Gasteiger partial charge in [-0.25, -0.2) is 14.0 Å². The third-order valence-electron chi connectivity index (χ3n) is 3.53. The van der Waals surface area contributed by atoms with Crippen LogP contribution in [0.4, 0.5) is 9.18 Å². The van der Waals surface area contributed by atoms with Gasteiger partial charge in [-0.15, -0.1) is 0 Å². The zero-order chi connectivity index (χ0) is 19.9. The molecule has 0 fully saturated rings. The average molecular weight is 373 g/mol. The number of carbonyl (C=O) groups is 2. The SMILES string of the molecule is CC(C)(C)OC(=O)N[C@@H](Cc1cccc(F)c1)C(=O)OCc1ccccc1. The summed E-state index contributed by atoms with van der Waals surface area (Å²) in [5.41, 5.74) is 0.682. The Morgan fingerprint density at radius 1 is 1.04 bits per heavy atom. The number of rotatable bonds is 6. The second-order valence-corrected chi connectivity index (χ2v) is 7.13. The number of halogens is 1. The minimum Gasteiger partial charge on any atom is -0.459 e. The van der Waals surface area contributed by atoms with Crippen molar-refractivity contribution in [3.63, 3.8) is 0 Å². The summed E-state index contributed by atoms with van der Waals surface area (Å²) < 4.78 is 24.0. The quantitative estimate of drug-likeness (QED) is 0.777. The van der Waals surface area contributed by atoms with Gasteiger partial charge in [-0.1, -0.05) is 42.5 Å². The first-order valence-corrected chi connectivity index (χ1v) is 8.67. The van der Waals surface area contributed by atoms with E-state index in [9.17, 15) is 14.0 Å². The van der Waals surface area contributed by atoms with E-state index in [1.165, 1.54) is 12.1 Å². The maximum Gasteiger partial charge on any atom is 0.408 e. The molecule has 0 bridgehead atoms. The van der Waals surface area contributed by atoms with Crippen LogP contribution in [0.1, 0.15) is 31.9 Å². The summed E-state index contributed by atoms with van der Waals surface area (Å²) in [5.74, 6) is -1.03. The number of hydrogen-bond acceptors (Lipinski definition) is 4. The van der Waals surface area contributed by atoms with Crippen molar-refractivity contribution < 1.29 is 23.5 Å². The van der Waals surface area contributed by atoms with Crippen LogP contribution in [-0.2, 0) is 27.3 Å². The molecule has 0 radical (unpaired) electrons. The second kappa shape index (κ2) is 9.16. The van der Waals surface area contributed by atoms with Gasteiger partial charge in [0.1, 0.15) is 24.1 Å². The lowest BCUT2D eigenvalue weighted by molar-refractivity contribution is -0.147. The summed E-state index contributed by atoms with van der Waals surface area (Å²) in [7, 11) is 0. The van der Waals surface area contributed by atoms with Crippen molar-refractivity contribution in [1.82, 2.24) is 5.32 Å². The fourth-order valence-electron chi connectivity index (χ4n) is 2.37. The summed E-state index contributed by atoms with van der Waals surface area (Å²) in [6, 6.07) is 14.1. The Morgan fingerprint density at radius 3 is 2.33 bits per heavy atom. The standard InChI is InChI=1S/C21H24FNO4/c1-21(2,3)27-20(25)23-18(13-16-10-7-11-17(22)12-16)19(24)26-14-15-8-5-4-6-9-15/h4-12,18H,13-14H2,1-3H3,(H,23,25)/t18-/m0/s1. The molecule has 1 amide bonds. The zero-order valence-electron chi connectivity index (χ0n) is 15.7. The van der Waals surface area contributed by atoms with Gasteiger partial charge in [0.2, 0.25) is 0 Å². The van der Waals surface area contributed by atoms with Crippen molar-refractivity contribution in [3.8, 4) is 0 Å². The molecule has 0 aliphatic heterocycles. The van der Waals surface area contributed by atoms with E-state index in [2.05, 4.69) is 5.32 Å². The molecule has 0 aromatic heterocycles. The van der Waals surface area contributed by atoms with Crippen LogP contribution in [0.25, 0.3) is 0 Å². The number of alkyl carbamates (subject to hydrolysis) is 1. The molecular formula is C21H24FNO4. The number of carbonyl (C=O) groups excluding carboxylic acids is 2. The van der Waals surface area contributed by atoms with Crippen LogP contribution in [0.3, 0.4) is 0 Å². The maximum atomic E-state index is 13.4. The fraction of sp³-hybridized carbons (Fsp3) is 0.333. The Labute approximate surface area is 158 Å². The van der Waals surface area contributed by atoms with Crippen molar-refractivity contribution in [3.05, 3.63) is 71.5 Å². The molecule has 5 nitrogen and oxygen atoms in total. The number of esters is 1. The van der Waals surface area contributed by atoms with Gasteiger partial charge in [0.25, 0.3) is 0 Å². The molecule has 1 N–H and O–H groups in total. The monoisotopic (exact) mass is 373 g/mol. The van der Waals surface area contributed by atoms with E-state index in [1.54, 1.807) is 32.9 Å². The van der Waals surface area contributed by atoms with Gasteiger partial charge < -0.3 is 14.8 Å². The van der Waals surface area contributed by atoms with Crippen LogP contribution in [0.15, 0.2) is 54.6 Å². The molecule has 2 rings (SSSR count). The number of ether oxygens (including phenoxy) is 2. The van der Waals surface area contributed by atoms with E-state index in [0.29, 0.717) is 5.56 Å². The van der Waals surface area contributed by atoms with Crippen molar-refractivity contribution in [2.75, 3.05) is 0 Å². The molecule has 6 heteroatoms. The van der Waals surface area contributed by atoms with Crippen LogP contribution in [0, 0.1) is 5.82 Å². The summed E-state index contributed by atoms with van der Waals surface area (Å²) in [4.78, 5) is 24.6. The van der Waals surface area contributed by atoms with Crippen molar-refractivity contribution in [1.29, 1.82) is 0 Å². The Balaban J connectivity index is 2.07. The molecule has 2 aromatic carbocycles. The number of amides is 1. The molecule has 27 heavy (non-hydrogen) atoms. The predicted octanol–water partition coefficient (Wildman–Crippen LogP) is 4.00. The smallest absolute Gasteiger partial charge is 0.408 e. The lowest BCUT2D eigenvalue weighted by Gasteiger charge is -2.23. The molecule has 0 saturated heterocycles. The summed E-state index contributed by atoms with van der Waals surface area (Å²) in [6.07, 6.45) is -0.648. The molecule has 0 heterocycles. The predicted molar refractivity (Wildman–Crippen MR) is 99.5 cm³/mol. The van der Waals surface area contributed by atoms with Crippen molar-refractivity contribution in [2.24, 2.45) is 0 Å². The molecule has 0 saturated carbocycles. The van der Waals surface area contributed by atoms with E-state index < -0.39 is 29.5 Å². The van der Waals surface area contributed by atoms with Crippen LogP contribution in [0.2, 0.25) is 0 Å². The molecule has 0 unspecified atom stereocenters. The highest BCUT2D eigenvalue weighted by Gasteiger charge is 2.26. The second-order valence-electron chi connectivity index (χ2n) is 7.13. The first kappa shape index (κ1) is 20.4. The van der Waals surface area contributed by atoms with Crippen LogP contribution in [0.5, 0.6) is 0 Å². The topological polar surface area (TPSA) is 64.6 Å². The average Bonchev–Trinajstić information content (AvgIpc) is 2.58. The lowest BCUT2D eigenvalue weighted by Crippen LogP contribution is -2.45.